The smallest absolute Gasteiger partial charge is 0.239 e. The van der Waals surface area contributed by atoms with Gasteiger partial charge < -0.3 is 20.1 Å². The zero-order valence-electron chi connectivity index (χ0n) is 13.7. The third kappa shape index (κ3) is 5.69. The van der Waals surface area contributed by atoms with Crippen molar-refractivity contribution in [2.24, 2.45) is 11.7 Å². The van der Waals surface area contributed by atoms with Gasteiger partial charge in [0.25, 0.3) is 0 Å². The van der Waals surface area contributed by atoms with Crippen LogP contribution in [0.25, 0.3) is 0 Å². The average Bonchev–Trinajstić information content (AvgIpc) is 2.78. The second-order valence-corrected chi connectivity index (χ2v) is 6.22. The SMILES string of the molecule is CCCOC1CCCN(C(=O)C(N)C2CCOCC2)CC1.Cl. The first kappa shape index (κ1) is 19.7. The highest BCUT2D eigenvalue weighted by molar-refractivity contribution is 5.85. The van der Waals surface area contributed by atoms with E-state index in [9.17, 15) is 4.79 Å². The Balaban J connectivity index is 0.00000242. The summed E-state index contributed by atoms with van der Waals surface area (Å²) in [6, 6.07) is -0.359. The normalized spacial score (nSPS) is 25.2. The van der Waals surface area contributed by atoms with E-state index in [0.717, 1.165) is 71.4 Å². The first-order chi connectivity index (χ1) is 10.2. The van der Waals surface area contributed by atoms with E-state index in [0.29, 0.717) is 6.10 Å². The van der Waals surface area contributed by atoms with Crippen LogP contribution in [0, 0.1) is 5.92 Å². The number of nitrogens with zero attached hydrogens (tertiary/aromatic N) is 1. The number of carbonyl (C=O) groups is 1. The van der Waals surface area contributed by atoms with Gasteiger partial charge in [-0.1, -0.05) is 6.92 Å². The van der Waals surface area contributed by atoms with Crippen molar-refractivity contribution in [2.75, 3.05) is 32.9 Å². The molecule has 2 N–H and O–H groups in total. The topological polar surface area (TPSA) is 64.8 Å². The van der Waals surface area contributed by atoms with Crippen molar-refractivity contribution in [3.63, 3.8) is 0 Å². The van der Waals surface area contributed by atoms with Crippen molar-refractivity contribution in [2.45, 2.75) is 57.6 Å². The molecule has 2 fully saturated rings. The molecule has 6 heteroatoms. The summed E-state index contributed by atoms with van der Waals surface area (Å²) in [6.07, 6.45) is 6.17. The van der Waals surface area contributed by atoms with Gasteiger partial charge in [0.1, 0.15) is 0 Å². The molecule has 0 saturated carbocycles. The number of halogens is 1. The number of amides is 1. The fourth-order valence-corrected chi connectivity index (χ4v) is 3.22. The average molecular weight is 335 g/mol. The molecular formula is C16H31ClN2O3. The van der Waals surface area contributed by atoms with Crippen LogP contribution in [-0.4, -0.2) is 55.9 Å². The maximum Gasteiger partial charge on any atom is 0.239 e. The van der Waals surface area contributed by atoms with Crippen LogP contribution in [0.3, 0.4) is 0 Å². The first-order valence-electron chi connectivity index (χ1n) is 8.46. The summed E-state index contributed by atoms with van der Waals surface area (Å²) in [6.45, 7) is 6.02. The highest BCUT2D eigenvalue weighted by atomic mass is 35.5. The van der Waals surface area contributed by atoms with Crippen LogP contribution in [0.4, 0.5) is 0 Å². The molecule has 2 atom stereocenters. The zero-order chi connectivity index (χ0) is 15.1. The van der Waals surface area contributed by atoms with Crippen molar-refractivity contribution >= 4 is 18.3 Å². The Hall–Kier alpha value is -0.360. The summed E-state index contributed by atoms with van der Waals surface area (Å²) < 4.78 is 11.2. The van der Waals surface area contributed by atoms with Crippen LogP contribution in [0.5, 0.6) is 0 Å². The molecule has 5 nitrogen and oxygen atoms in total. The molecule has 0 radical (unpaired) electrons. The highest BCUT2D eigenvalue weighted by Gasteiger charge is 2.31. The van der Waals surface area contributed by atoms with Crippen molar-refractivity contribution in [3.8, 4) is 0 Å². The third-order valence-electron chi connectivity index (χ3n) is 4.60. The monoisotopic (exact) mass is 334 g/mol. The van der Waals surface area contributed by atoms with Crippen LogP contribution >= 0.6 is 12.4 Å². The fraction of sp³-hybridized carbons (Fsp3) is 0.938. The number of hydrogen-bond donors (Lipinski definition) is 1. The summed E-state index contributed by atoms with van der Waals surface area (Å²) in [5.41, 5.74) is 6.21. The lowest BCUT2D eigenvalue weighted by atomic mass is 9.91. The fourth-order valence-electron chi connectivity index (χ4n) is 3.22. The van der Waals surface area contributed by atoms with E-state index in [4.69, 9.17) is 15.2 Å². The minimum absolute atomic E-state index is 0. The molecule has 130 valence electrons. The van der Waals surface area contributed by atoms with E-state index in [2.05, 4.69) is 6.92 Å². The van der Waals surface area contributed by atoms with Gasteiger partial charge in [0.05, 0.1) is 12.1 Å². The molecule has 0 bridgehead atoms. The lowest BCUT2D eigenvalue weighted by Gasteiger charge is -2.31. The largest absolute Gasteiger partial charge is 0.381 e. The molecule has 2 aliphatic heterocycles. The van der Waals surface area contributed by atoms with Gasteiger partial charge in [-0.3, -0.25) is 4.79 Å². The molecule has 22 heavy (non-hydrogen) atoms. The minimum atomic E-state index is -0.359. The van der Waals surface area contributed by atoms with E-state index >= 15 is 0 Å². The number of carbonyl (C=O) groups excluding carboxylic acids is 1. The number of hydrogen-bond acceptors (Lipinski definition) is 4. The first-order valence-corrected chi connectivity index (χ1v) is 8.46. The minimum Gasteiger partial charge on any atom is -0.381 e. The van der Waals surface area contributed by atoms with Gasteiger partial charge in [0, 0.05) is 32.9 Å². The second-order valence-electron chi connectivity index (χ2n) is 6.22. The molecule has 0 aromatic rings. The Labute approximate surface area is 140 Å². The van der Waals surface area contributed by atoms with Crippen LogP contribution in [0.15, 0.2) is 0 Å². The lowest BCUT2D eigenvalue weighted by molar-refractivity contribution is -0.134. The quantitative estimate of drug-likeness (QED) is 0.834. The van der Waals surface area contributed by atoms with Gasteiger partial charge in [-0.2, -0.15) is 0 Å². The molecule has 2 heterocycles. The van der Waals surface area contributed by atoms with Gasteiger partial charge in [-0.15, -0.1) is 12.4 Å². The molecule has 2 rings (SSSR count). The van der Waals surface area contributed by atoms with Crippen LogP contribution < -0.4 is 5.73 Å². The predicted octanol–water partition coefficient (Wildman–Crippen LogP) is 1.97. The van der Waals surface area contributed by atoms with E-state index < -0.39 is 0 Å². The van der Waals surface area contributed by atoms with Crippen LogP contribution in [-0.2, 0) is 14.3 Å². The second kappa shape index (κ2) is 10.4. The van der Waals surface area contributed by atoms with E-state index in [-0.39, 0.29) is 30.3 Å². The molecule has 0 spiro atoms. The molecule has 2 aliphatic rings. The molecule has 0 aromatic carbocycles. The van der Waals surface area contributed by atoms with E-state index in [1.165, 1.54) is 0 Å². The van der Waals surface area contributed by atoms with Gasteiger partial charge >= 0.3 is 0 Å². The van der Waals surface area contributed by atoms with Gasteiger partial charge in [-0.25, -0.2) is 0 Å². The Bertz CT molecular complexity index is 325. The Morgan fingerprint density at radius 2 is 2.00 bits per heavy atom. The summed E-state index contributed by atoms with van der Waals surface area (Å²) >= 11 is 0. The Kier molecular flexibility index (Phi) is 9.33. The van der Waals surface area contributed by atoms with E-state index in [1.807, 2.05) is 4.90 Å². The van der Waals surface area contributed by atoms with Gasteiger partial charge in [0.2, 0.25) is 5.91 Å². The van der Waals surface area contributed by atoms with Crippen molar-refractivity contribution in [3.05, 3.63) is 0 Å². The summed E-state index contributed by atoms with van der Waals surface area (Å²) in [5.74, 6) is 0.402. The third-order valence-corrected chi connectivity index (χ3v) is 4.60. The summed E-state index contributed by atoms with van der Waals surface area (Å²) in [5, 5.41) is 0. The van der Waals surface area contributed by atoms with Crippen LogP contribution in [0.2, 0.25) is 0 Å². The molecule has 0 aromatic heterocycles. The van der Waals surface area contributed by atoms with E-state index in [1.54, 1.807) is 0 Å². The lowest BCUT2D eigenvalue weighted by Crippen LogP contribution is -2.49. The Morgan fingerprint density at radius 1 is 1.27 bits per heavy atom. The molecule has 2 unspecified atom stereocenters. The predicted molar refractivity (Wildman–Crippen MR) is 89.2 cm³/mol. The maximum absolute atomic E-state index is 12.6. The standard InChI is InChI=1S/C16H30N2O3.ClH/c1-2-10-21-14-4-3-8-18(9-5-14)16(19)15(17)13-6-11-20-12-7-13;/h13-15H,2-12,17H2,1H3;1H. The number of rotatable bonds is 5. The molecule has 2 saturated heterocycles. The number of nitrogens with two attached hydrogens (primary N) is 1. The van der Waals surface area contributed by atoms with Crippen molar-refractivity contribution in [1.82, 2.24) is 4.90 Å². The van der Waals surface area contributed by atoms with Gasteiger partial charge in [0.15, 0.2) is 0 Å². The van der Waals surface area contributed by atoms with Crippen LogP contribution in [0.1, 0.15) is 45.4 Å². The molecular weight excluding hydrogens is 304 g/mol. The highest BCUT2D eigenvalue weighted by Crippen LogP contribution is 2.21. The maximum atomic E-state index is 12.6. The molecule has 0 aliphatic carbocycles. The Morgan fingerprint density at radius 3 is 2.68 bits per heavy atom. The van der Waals surface area contributed by atoms with Crippen molar-refractivity contribution in [1.29, 1.82) is 0 Å². The zero-order valence-corrected chi connectivity index (χ0v) is 14.5. The summed E-state index contributed by atoms with van der Waals surface area (Å²) in [4.78, 5) is 14.5. The number of likely N-dealkylation sites (tertiary alicyclic amines) is 1. The molecule has 1 amide bonds. The van der Waals surface area contributed by atoms with Gasteiger partial charge in [-0.05, 0) is 44.4 Å². The number of ether oxygens (including phenoxy) is 2. The van der Waals surface area contributed by atoms with Crippen molar-refractivity contribution < 1.29 is 14.3 Å². The summed E-state index contributed by atoms with van der Waals surface area (Å²) in [7, 11) is 0.